The van der Waals surface area contributed by atoms with Crippen molar-refractivity contribution in [2.75, 3.05) is 38.4 Å². The molecule has 0 saturated carbocycles. The van der Waals surface area contributed by atoms with E-state index in [1.807, 2.05) is 30.5 Å². The van der Waals surface area contributed by atoms with Crippen molar-refractivity contribution in [3.8, 4) is 0 Å². The van der Waals surface area contributed by atoms with E-state index in [0.29, 0.717) is 31.0 Å². The molecule has 2 saturated heterocycles. The lowest BCUT2D eigenvalue weighted by Gasteiger charge is -2.38. The lowest BCUT2D eigenvalue weighted by Crippen LogP contribution is -2.52. The molecule has 9 heteroatoms. The molecule has 0 unspecified atom stereocenters. The van der Waals surface area contributed by atoms with E-state index >= 15 is 0 Å². The summed E-state index contributed by atoms with van der Waals surface area (Å²) in [6.07, 6.45) is 3.02. The average molecular weight is 410 g/mol. The number of hydrogen-bond donors (Lipinski definition) is 1. The third-order valence-corrected chi connectivity index (χ3v) is 6.03. The Morgan fingerprint density at radius 2 is 2.04 bits per heavy atom. The molecule has 2 aliphatic rings. The summed E-state index contributed by atoms with van der Waals surface area (Å²) >= 11 is 7.23. The van der Waals surface area contributed by atoms with Crippen LogP contribution in [0.2, 0.25) is 0 Å². The third-order valence-electron chi connectivity index (χ3n) is 4.88. The summed E-state index contributed by atoms with van der Waals surface area (Å²) in [4.78, 5) is 28.7. The van der Waals surface area contributed by atoms with Gasteiger partial charge in [-0.2, -0.15) is 0 Å². The third kappa shape index (κ3) is 4.30. The maximum atomic E-state index is 12.1. The zero-order valence-electron chi connectivity index (χ0n) is 15.3. The lowest BCUT2D eigenvalue weighted by atomic mass is 10.0. The molecule has 0 radical (unpaired) electrons. The zero-order valence-corrected chi connectivity index (χ0v) is 17.0. The molecule has 7 nitrogen and oxygen atoms in total. The summed E-state index contributed by atoms with van der Waals surface area (Å²) in [6.45, 7) is 1.46. The molecule has 1 amide bonds. The van der Waals surface area contributed by atoms with Gasteiger partial charge in [0, 0.05) is 24.0 Å². The van der Waals surface area contributed by atoms with Gasteiger partial charge in [-0.3, -0.25) is 4.90 Å². The maximum absolute atomic E-state index is 12.1. The maximum Gasteiger partial charge on any atom is 0.410 e. The Balaban J connectivity index is 1.59. The monoisotopic (exact) mass is 409 g/mol. The molecule has 1 atom stereocenters. The molecule has 146 valence electrons. The Morgan fingerprint density at radius 1 is 1.33 bits per heavy atom. The summed E-state index contributed by atoms with van der Waals surface area (Å²) in [5.41, 5.74) is 0.992. The molecular weight excluding hydrogens is 386 g/mol. The first-order valence-electron chi connectivity index (χ1n) is 8.77. The van der Waals surface area contributed by atoms with Gasteiger partial charge >= 0.3 is 12.1 Å². The molecule has 27 heavy (non-hydrogen) atoms. The fourth-order valence-electron chi connectivity index (χ4n) is 3.44. The Bertz CT molecular complexity index is 722. The Kier molecular flexibility index (Phi) is 6.43. The van der Waals surface area contributed by atoms with Gasteiger partial charge in [0.1, 0.15) is 6.61 Å². The molecule has 2 aliphatic heterocycles. The summed E-state index contributed by atoms with van der Waals surface area (Å²) in [5.74, 6) is -0.436. The van der Waals surface area contributed by atoms with Gasteiger partial charge in [0.05, 0.1) is 12.8 Å². The second-order valence-electron chi connectivity index (χ2n) is 6.37. The van der Waals surface area contributed by atoms with Crippen LogP contribution in [-0.4, -0.2) is 72.1 Å². The molecule has 0 aliphatic carbocycles. The minimum atomic E-state index is -0.655. The van der Waals surface area contributed by atoms with E-state index in [-0.39, 0.29) is 12.6 Å². The van der Waals surface area contributed by atoms with Gasteiger partial charge in [0.25, 0.3) is 0 Å². The van der Waals surface area contributed by atoms with Gasteiger partial charge in [-0.25, -0.2) is 9.59 Å². The van der Waals surface area contributed by atoms with E-state index in [1.165, 1.54) is 12.0 Å². The highest BCUT2D eigenvalue weighted by atomic mass is 32.2. The van der Waals surface area contributed by atoms with Crippen molar-refractivity contribution in [2.45, 2.75) is 29.8 Å². The highest BCUT2D eigenvalue weighted by Crippen LogP contribution is 2.27. The number of anilines is 1. The number of thioether (sulfide) groups is 1. The van der Waals surface area contributed by atoms with Crippen LogP contribution in [-0.2, 0) is 14.3 Å². The van der Waals surface area contributed by atoms with Crippen LogP contribution in [0.5, 0.6) is 0 Å². The van der Waals surface area contributed by atoms with E-state index in [9.17, 15) is 9.59 Å². The van der Waals surface area contributed by atoms with E-state index in [0.717, 1.165) is 10.6 Å². The number of carbonyl (C=O) groups excluding carboxylic acids is 2. The summed E-state index contributed by atoms with van der Waals surface area (Å²) < 4.78 is 9.86. The van der Waals surface area contributed by atoms with E-state index in [1.54, 1.807) is 11.8 Å². The van der Waals surface area contributed by atoms with Crippen molar-refractivity contribution in [1.82, 2.24) is 9.80 Å². The van der Waals surface area contributed by atoms with Crippen LogP contribution in [0, 0.1) is 0 Å². The number of amides is 1. The molecule has 3 rings (SSSR count). The van der Waals surface area contributed by atoms with Gasteiger partial charge in [-0.1, -0.05) is 12.1 Å². The second-order valence-corrected chi connectivity index (χ2v) is 7.61. The molecule has 0 spiro atoms. The molecule has 1 N–H and O–H groups in total. The normalized spacial score (nSPS) is 20.4. The fraction of sp³-hybridized carbons (Fsp3) is 0.500. The van der Waals surface area contributed by atoms with Crippen LogP contribution in [0.1, 0.15) is 12.8 Å². The predicted octanol–water partition coefficient (Wildman–Crippen LogP) is 2.56. The summed E-state index contributed by atoms with van der Waals surface area (Å²) in [6, 6.07) is 7.32. The number of benzene rings is 1. The first-order chi connectivity index (χ1) is 13.0. The number of nitrogens with one attached hydrogen (secondary N) is 1. The van der Waals surface area contributed by atoms with Crippen LogP contribution < -0.4 is 5.32 Å². The van der Waals surface area contributed by atoms with Crippen molar-refractivity contribution < 1.29 is 19.1 Å². The fourth-order valence-corrected chi connectivity index (χ4v) is 4.29. The number of cyclic esters (lactones) is 1. The SMILES string of the molecule is COC(=O)[C@@H]1COC(=O)N1C1CCN(C(=S)Nc2ccccc2SC)CC1. The topological polar surface area (TPSA) is 71.1 Å². The average Bonchev–Trinajstić information content (AvgIpc) is 3.09. The number of esters is 1. The number of para-hydroxylation sites is 1. The molecule has 0 bridgehead atoms. The summed E-state index contributed by atoms with van der Waals surface area (Å²) in [5, 5.41) is 3.99. The smallest absolute Gasteiger partial charge is 0.410 e. The molecular formula is C18H23N3O4S2. The number of hydrogen-bond acceptors (Lipinski definition) is 6. The van der Waals surface area contributed by atoms with Crippen molar-refractivity contribution in [2.24, 2.45) is 0 Å². The van der Waals surface area contributed by atoms with Gasteiger partial charge in [0.2, 0.25) is 0 Å². The van der Waals surface area contributed by atoms with Gasteiger partial charge < -0.3 is 19.7 Å². The Morgan fingerprint density at radius 3 is 2.70 bits per heavy atom. The zero-order chi connectivity index (χ0) is 19.4. The number of rotatable bonds is 4. The number of piperidine rings is 1. The standard InChI is InChI=1S/C18H23N3O4S2/c1-24-16(22)14-11-25-18(23)21(14)12-7-9-20(10-8-12)17(26)19-13-5-3-4-6-15(13)27-2/h3-6,12,14H,7-11H2,1-2H3,(H,19,26)/t14-/m0/s1. The first-order valence-corrected chi connectivity index (χ1v) is 10.4. The molecule has 2 heterocycles. The number of likely N-dealkylation sites (tertiary alicyclic amines) is 1. The molecule has 1 aromatic rings. The highest BCUT2D eigenvalue weighted by molar-refractivity contribution is 7.98. The van der Waals surface area contributed by atoms with Crippen LogP contribution in [0.15, 0.2) is 29.2 Å². The van der Waals surface area contributed by atoms with Crippen LogP contribution in [0.3, 0.4) is 0 Å². The Hall–Kier alpha value is -2.00. The lowest BCUT2D eigenvalue weighted by molar-refractivity contribution is -0.145. The first kappa shape index (κ1) is 19.8. The molecule has 0 aromatic heterocycles. The van der Waals surface area contributed by atoms with Crippen molar-refractivity contribution >= 4 is 46.8 Å². The number of methoxy groups -OCH3 is 1. The molecule has 2 fully saturated rings. The number of carbonyl (C=O) groups is 2. The van der Waals surface area contributed by atoms with Gasteiger partial charge in [-0.15, -0.1) is 11.8 Å². The van der Waals surface area contributed by atoms with Crippen LogP contribution >= 0.6 is 24.0 Å². The van der Waals surface area contributed by atoms with Gasteiger partial charge in [0.15, 0.2) is 11.2 Å². The number of ether oxygens (including phenoxy) is 2. The van der Waals surface area contributed by atoms with Crippen molar-refractivity contribution in [1.29, 1.82) is 0 Å². The Labute approximate surface area is 168 Å². The second kappa shape index (κ2) is 8.79. The predicted molar refractivity (Wildman–Crippen MR) is 108 cm³/mol. The number of thiocarbonyl (C=S) groups is 1. The van der Waals surface area contributed by atoms with E-state index < -0.39 is 18.1 Å². The van der Waals surface area contributed by atoms with E-state index in [4.69, 9.17) is 21.7 Å². The minimum absolute atomic E-state index is 0.0527. The van der Waals surface area contributed by atoms with Crippen LogP contribution in [0.4, 0.5) is 10.5 Å². The molecule has 1 aromatic carbocycles. The van der Waals surface area contributed by atoms with Gasteiger partial charge in [-0.05, 0) is 43.4 Å². The largest absolute Gasteiger partial charge is 0.467 e. The number of nitrogens with zero attached hydrogens (tertiary/aromatic N) is 2. The van der Waals surface area contributed by atoms with Crippen molar-refractivity contribution in [3.05, 3.63) is 24.3 Å². The van der Waals surface area contributed by atoms with E-state index in [2.05, 4.69) is 10.2 Å². The summed E-state index contributed by atoms with van der Waals surface area (Å²) in [7, 11) is 1.32. The highest BCUT2D eigenvalue weighted by Gasteiger charge is 2.43. The minimum Gasteiger partial charge on any atom is -0.467 e. The van der Waals surface area contributed by atoms with Crippen LogP contribution in [0.25, 0.3) is 0 Å². The quantitative estimate of drug-likeness (QED) is 0.462. The van der Waals surface area contributed by atoms with Crippen molar-refractivity contribution in [3.63, 3.8) is 0 Å².